The highest BCUT2D eigenvalue weighted by atomic mass is 16.6. The third-order valence-electron chi connectivity index (χ3n) is 1.74. The summed E-state index contributed by atoms with van der Waals surface area (Å²) in [6, 6.07) is 9.55. The maximum absolute atomic E-state index is 9.76. The number of rotatable bonds is 4. The number of hydrogen-bond donors (Lipinski definition) is 1. The van der Waals surface area contributed by atoms with Crippen molar-refractivity contribution < 1.29 is 14.5 Å². The molecule has 0 unspecified atom stereocenters. The van der Waals surface area contributed by atoms with Gasteiger partial charge in [0.1, 0.15) is 6.61 Å². The fourth-order valence-corrected chi connectivity index (χ4v) is 0.991. The number of aromatic amines is 1. The molecule has 0 saturated heterocycles. The standard InChI is InChI=1S/C8H8O2.C2H2N4O2/c9-7-10-6-8-4-2-1-3-5-8;7-6(8)2-3-1-4-5-2/h1-5,7H,6H2;1H,(H,3,4,5). The molecule has 18 heavy (non-hydrogen) atoms. The Kier molecular flexibility index (Phi) is 5.54. The van der Waals surface area contributed by atoms with Crippen LogP contribution in [-0.2, 0) is 16.1 Å². The molecule has 0 amide bonds. The Hall–Kier alpha value is -2.77. The minimum absolute atomic E-state index is 0.329. The topological polar surface area (TPSA) is 111 Å². The zero-order chi connectivity index (χ0) is 13.2. The summed E-state index contributed by atoms with van der Waals surface area (Å²) in [5.74, 6) is -0.329. The van der Waals surface area contributed by atoms with Crippen LogP contribution in [0.3, 0.4) is 0 Å². The molecule has 1 N–H and O–H groups in total. The fraction of sp³-hybridized carbons (Fsp3) is 0.100. The molecule has 0 aliphatic rings. The van der Waals surface area contributed by atoms with E-state index in [4.69, 9.17) is 0 Å². The van der Waals surface area contributed by atoms with Crippen molar-refractivity contribution in [3.8, 4) is 0 Å². The number of carbonyl (C=O) groups is 1. The van der Waals surface area contributed by atoms with Crippen molar-refractivity contribution in [3.63, 3.8) is 0 Å². The number of hydrogen-bond acceptors (Lipinski definition) is 6. The number of nitro groups is 1. The molecule has 1 heterocycles. The number of H-pyrrole nitrogens is 1. The van der Waals surface area contributed by atoms with Crippen LogP contribution in [0.4, 0.5) is 5.95 Å². The van der Waals surface area contributed by atoms with Gasteiger partial charge in [0.15, 0.2) is 0 Å². The molecular formula is C10H10N4O4. The predicted octanol–water partition coefficient (Wildman–Crippen LogP) is 1.07. The molecular weight excluding hydrogens is 240 g/mol. The van der Waals surface area contributed by atoms with Crippen molar-refractivity contribution in [2.75, 3.05) is 0 Å². The minimum atomic E-state index is -0.646. The first-order valence-corrected chi connectivity index (χ1v) is 4.83. The van der Waals surface area contributed by atoms with Crippen LogP contribution < -0.4 is 0 Å². The molecule has 1 aromatic heterocycles. The first kappa shape index (κ1) is 13.3. The number of carbonyl (C=O) groups excluding carboxylic acids is 1. The first-order valence-electron chi connectivity index (χ1n) is 4.83. The molecule has 0 spiro atoms. The van der Waals surface area contributed by atoms with Gasteiger partial charge in [-0.15, -0.1) is 5.10 Å². The monoisotopic (exact) mass is 250 g/mol. The number of aromatic nitrogens is 3. The van der Waals surface area contributed by atoms with Gasteiger partial charge in [0.2, 0.25) is 6.33 Å². The van der Waals surface area contributed by atoms with Crippen LogP contribution in [0.2, 0.25) is 0 Å². The molecule has 2 rings (SSSR count). The number of ether oxygens (including phenoxy) is 1. The third-order valence-corrected chi connectivity index (χ3v) is 1.74. The molecule has 1 aromatic carbocycles. The van der Waals surface area contributed by atoms with Gasteiger partial charge in [0.05, 0.1) is 0 Å². The Labute approximate surface area is 102 Å². The van der Waals surface area contributed by atoms with Crippen molar-refractivity contribution >= 4 is 12.4 Å². The zero-order valence-electron chi connectivity index (χ0n) is 9.22. The Morgan fingerprint density at radius 1 is 1.39 bits per heavy atom. The molecule has 0 saturated carbocycles. The van der Waals surface area contributed by atoms with Crippen LogP contribution in [0.5, 0.6) is 0 Å². The lowest BCUT2D eigenvalue weighted by atomic mass is 10.2. The zero-order valence-corrected chi connectivity index (χ0v) is 9.22. The SMILES string of the molecule is O=COCc1ccccc1.O=[N+]([O-])c1ncn[nH]1. The molecule has 0 aliphatic carbocycles. The van der Waals surface area contributed by atoms with Crippen LogP contribution in [0, 0.1) is 10.1 Å². The Morgan fingerprint density at radius 3 is 2.56 bits per heavy atom. The lowest BCUT2D eigenvalue weighted by Crippen LogP contribution is -1.88. The van der Waals surface area contributed by atoms with Crippen LogP contribution in [0.15, 0.2) is 36.7 Å². The van der Waals surface area contributed by atoms with Gasteiger partial charge in [0, 0.05) is 0 Å². The number of nitrogens with zero attached hydrogens (tertiary/aromatic N) is 3. The second-order valence-corrected chi connectivity index (χ2v) is 2.96. The van der Waals surface area contributed by atoms with Gasteiger partial charge in [-0.05, 0) is 10.5 Å². The second kappa shape index (κ2) is 7.49. The molecule has 0 bridgehead atoms. The summed E-state index contributed by atoms with van der Waals surface area (Å²) in [6.07, 6.45) is 1.08. The van der Waals surface area contributed by atoms with E-state index < -0.39 is 4.92 Å². The highest BCUT2D eigenvalue weighted by Crippen LogP contribution is 1.98. The summed E-state index contributed by atoms with van der Waals surface area (Å²) < 4.78 is 4.54. The average molecular weight is 250 g/mol. The van der Waals surface area contributed by atoms with Crippen LogP contribution >= 0.6 is 0 Å². The molecule has 2 aromatic rings. The minimum Gasteiger partial charge on any atom is -0.463 e. The van der Waals surface area contributed by atoms with Crippen LogP contribution in [0.25, 0.3) is 0 Å². The maximum atomic E-state index is 9.76. The van der Waals surface area contributed by atoms with E-state index in [1.165, 1.54) is 0 Å². The van der Waals surface area contributed by atoms with Crippen LogP contribution in [0.1, 0.15) is 5.56 Å². The summed E-state index contributed by atoms with van der Waals surface area (Å²) in [4.78, 5) is 22.1. The maximum Gasteiger partial charge on any atom is 0.453 e. The Bertz CT molecular complexity index is 472. The van der Waals surface area contributed by atoms with Crippen LogP contribution in [-0.4, -0.2) is 26.6 Å². The highest BCUT2D eigenvalue weighted by molar-refractivity contribution is 5.37. The largest absolute Gasteiger partial charge is 0.463 e. The van der Waals surface area contributed by atoms with E-state index in [2.05, 4.69) is 19.9 Å². The fourth-order valence-electron chi connectivity index (χ4n) is 0.991. The smallest absolute Gasteiger partial charge is 0.453 e. The van der Waals surface area contributed by atoms with E-state index >= 15 is 0 Å². The summed E-state index contributed by atoms with van der Waals surface area (Å²) in [6.45, 7) is 0.817. The molecule has 0 radical (unpaired) electrons. The quantitative estimate of drug-likeness (QED) is 0.493. The summed E-state index contributed by atoms with van der Waals surface area (Å²) in [7, 11) is 0. The van der Waals surface area contributed by atoms with E-state index in [0.717, 1.165) is 11.9 Å². The van der Waals surface area contributed by atoms with Crippen molar-refractivity contribution in [1.29, 1.82) is 0 Å². The van der Waals surface area contributed by atoms with E-state index in [1.807, 2.05) is 30.3 Å². The summed E-state index contributed by atoms with van der Waals surface area (Å²) in [5, 5.41) is 15.1. The van der Waals surface area contributed by atoms with E-state index in [-0.39, 0.29) is 5.95 Å². The molecule has 8 heteroatoms. The highest BCUT2D eigenvalue weighted by Gasteiger charge is 2.02. The average Bonchev–Trinajstić information content (AvgIpc) is 2.92. The van der Waals surface area contributed by atoms with Crippen molar-refractivity contribution in [3.05, 3.63) is 52.3 Å². The van der Waals surface area contributed by atoms with Gasteiger partial charge in [-0.25, -0.2) is 0 Å². The lowest BCUT2D eigenvalue weighted by molar-refractivity contribution is -0.394. The Morgan fingerprint density at radius 2 is 2.11 bits per heavy atom. The number of nitrogens with one attached hydrogen (secondary N) is 1. The molecule has 8 nitrogen and oxygen atoms in total. The third kappa shape index (κ3) is 4.84. The van der Waals surface area contributed by atoms with Crippen molar-refractivity contribution in [2.24, 2.45) is 0 Å². The first-order chi connectivity index (χ1) is 8.74. The molecule has 0 fully saturated rings. The summed E-state index contributed by atoms with van der Waals surface area (Å²) >= 11 is 0. The van der Waals surface area contributed by atoms with Gasteiger partial charge >= 0.3 is 5.95 Å². The summed E-state index contributed by atoms with van der Waals surface area (Å²) in [5.41, 5.74) is 1.01. The van der Waals surface area contributed by atoms with Gasteiger partial charge in [-0.3, -0.25) is 4.79 Å². The van der Waals surface area contributed by atoms with E-state index in [1.54, 1.807) is 0 Å². The van der Waals surface area contributed by atoms with Gasteiger partial charge in [-0.1, -0.05) is 40.4 Å². The van der Waals surface area contributed by atoms with Crippen molar-refractivity contribution in [2.45, 2.75) is 6.61 Å². The molecule has 0 atom stereocenters. The van der Waals surface area contributed by atoms with E-state index in [9.17, 15) is 14.9 Å². The van der Waals surface area contributed by atoms with E-state index in [0.29, 0.717) is 13.1 Å². The number of benzene rings is 1. The molecule has 94 valence electrons. The van der Waals surface area contributed by atoms with Gasteiger partial charge in [0.25, 0.3) is 6.47 Å². The second-order valence-electron chi connectivity index (χ2n) is 2.96. The van der Waals surface area contributed by atoms with Gasteiger partial charge < -0.3 is 14.9 Å². The van der Waals surface area contributed by atoms with Gasteiger partial charge in [-0.2, -0.15) is 0 Å². The molecule has 0 aliphatic heterocycles. The predicted molar refractivity (Wildman–Crippen MR) is 60.3 cm³/mol. The van der Waals surface area contributed by atoms with Crippen molar-refractivity contribution in [1.82, 2.24) is 15.2 Å². The Balaban J connectivity index is 0.000000184. The normalized spacial score (nSPS) is 8.89. The lowest BCUT2D eigenvalue weighted by Gasteiger charge is -1.95.